The molecule has 3 fully saturated rings. The number of fused-ring (bicyclic) bond motifs is 1. The lowest BCUT2D eigenvalue weighted by atomic mass is 10.2. The summed E-state index contributed by atoms with van der Waals surface area (Å²) in [5.74, 6) is 3.50. The van der Waals surface area contributed by atoms with Crippen LogP contribution in [0.15, 0.2) is 12.4 Å². The fraction of sp³-hybridized carbons (Fsp3) is 0.714. The molecule has 2 unspecified atom stereocenters. The van der Waals surface area contributed by atoms with E-state index in [-0.39, 0.29) is 0 Å². The molecule has 2 heterocycles. The molecule has 0 radical (unpaired) electrons. The molecule has 2 aliphatic carbocycles. The van der Waals surface area contributed by atoms with Crippen molar-refractivity contribution < 1.29 is 8.39 Å². The Labute approximate surface area is 121 Å². The maximum Gasteiger partial charge on any atom is 0.225 e. The van der Waals surface area contributed by atoms with Crippen LogP contribution >= 0.6 is 0 Å². The molecule has 5 nitrogen and oxygen atoms in total. The second kappa shape index (κ2) is 4.77. The zero-order valence-electron chi connectivity index (χ0n) is 11.6. The van der Waals surface area contributed by atoms with Crippen molar-refractivity contribution in [3.63, 3.8) is 0 Å². The summed E-state index contributed by atoms with van der Waals surface area (Å²) in [6.07, 6.45) is 8.14. The van der Waals surface area contributed by atoms with E-state index in [1.165, 1.54) is 18.4 Å². The smallest absolute Gasteiger partial charge is 0.225 e. The van der Waals surface area contributed by atoms with Gasteiger partial charge in [0.25, 0.3) is 0 Å². The molecule has 108 valence electrons. The number of anilines is 1. The molecule has 1 aromatic heterocycles. The first-order chi connectivity index (χ1) is 9.72. The second-order valence-corrected chi connectivity index (χ2v) is 7.21. The van der Waals surface area contributed by atoms with Crippen molar-refractivity contribution in [1.29, 1.82) is 0 Å². The summed E-state index contributed by atoms with van der Waals surface area (Å²) in [5.41, 5.74) is 1.29. The van der Waals surface area contributed by atoms with Gasteiger partial charge in [0.15, 0.2) is 11.1 Å². The van der Waals surface area contributed by atoms with E-state index >= 15 is 0 Å². The van der Waals surface area contributed by atoms with Crippen LogP contribution in [0, 0.1) is 17.8 Å². The van der Waals surface area contributed by atoms with Gasteiger partial charge in [-0.05, 0) is 42.1 Å². The van der Waals surface area contributed by atoms with Crippen LogP contribution in [0.4, 0.5) is 5.95 Å². The summed E-state index contributed by atoms with van der Waals surface area (Å²) in [7, 11) is 0. The van der Waals surface area contributed by atoms with Crippen molar-refractivity contribution in [1.82, 2.24) is 9.97 Å². The van der Waals surface area contributed by atoms with Gasteiger partial charge in [-0.3, -0.25) is 4.18 Å². The van der Waals surface area contributed by atoms with Gasteiger partial charge < -0.3 is 4.90 Å². The summed E-state index contributed by atoms with van der Waals surface area (Å²) in [6.45, 7) is 2.66. The summed E-state index contributed by atoms with van der Waals surface area (Å²) >= 11 is -1.14. The van der Waals surface area contributed by atoms with Gasteiger partial charge in [0.05, 0.1) is 6.61 Å². The maximum atomic E-state index is 10.9. The third-order valence-corrected chi connectivity index (χ3v) is 5.26. The van der Waals surface area contributed by atoms with E-state index in [9.17, 15) is 4.21 Å². The van der Waals surface area contributed by atoms with Crippen LogP contribution in [0.25, 0.3) is 0 Å². The van der Waals surface area contributed by atoms with Crippen molar-refractivity contribution >= 4 is 17.0 Å². The van der Waals surface area contributed by atoms with Crippen molar-refractivity contribution in [2.75, 3.05) is 30.9 Å². The summed E-state index contributed by atoms with van der Waals surface area (Å²) in [5, 5.41) is 0. The van der Waals surface area contributed by atoms with E-state index in [4.69, 9.17) is 4.18 Å². The largest absolute Gasteiger partial charge is 0.340 e. The Morgan fingerprint density at radius 3 is 2.50 bits per heavy atom. The second-order valence-electron chi connectivity index (χ2n) is 6.17. The third-order valence-electron chi connectivity index (χ3n) is 4.79. The van der Waals surface area contributed by atoms with Gasteiger partial charge in [-0.15, -0.1) is 0 Å². The van der Waals surface area contributed by atoms with E-state index in [0.717, 1.165) is 19.0 Å². The van der Waals surface area contributed by atoms with Gasteiger partial charge in [-0.1, -0.05) is 0 Å². The lowest BCUT2D eigenvalue weighted by molar-refractivity contribution is 0.311. The summed E-state index contributed by atoms with van der Waals surface area (Å²) < 4.78 is 16.1. The van der Waals surface area contributed by atoms with Gasteiger partial charge >= 0.3 is 0 Å². The van der Waals surface area contributed by atoms with Crippen molar-refractivity contribution in [2.45, 2.75) is 18.8 Å². The van der Waals surface area contributed by atoms with E-state index in [1.807, 2.05) is 12.4 Å². The molecular formula is C14H19N3O2S. The Balaban J connectivity index is 1.33. The van der Waals surface area contributed by atoms with Gasteiger partial charge in [0.1, 0.15) is 0 Å². The molecular weight excluding hydrogens is 274 g/mol. The number of aromatic nitrogens is 2. The van der Waals surface area contributed by atoms with Crippen LogP contribution in [-0.4, -0.2) is 40.1 Å². The van der Waals surface area contributed by atoms with Crippen LogP contribution in [0.3, 0.4) is 0 Å². The van der Waals surface area contributed by atoms with Gasteiger partial charge in [-0.2, -0.15) is 0 Å². The molecule has 6 heteroatoms. The Morgan fingerprint density at radius 2 is 1.95 bits per heavy atom. The molecule has 1 saturated heterocycles. The minimum absolute atomic E-state index is 0.584. The first-order valence-corrected chi connectivity index (χ1v) is 8.74. The Hall–Kier alpha value is -1.01. The molecule has 0 aromatic carbocycles. The first-order valence-electron chi connectivity index (χ1n) is 7.26. The highest BCUT2D eigenvalue weighted by Gasteiger charge is 2.56. The Bertz CT molecular complexity index is 520. The van der Waals surface area contributed by atoms with Crippen molar-refractivity contribution in [3.05, 3.63) is 18.0 Å². The van der Waals surface area contributed by atoms with Gasteiger partial charge in [0, 0.05) is 31.7 Å². The topological polar surface area (TPSA) is 55.3 Å². The number of piperidine rings is 1. The van der Waals surface area contributed by atoms with Gasteiger partial charge in [-0.25, -0.2) is 14.2 Å². The van der Waals surface area contributed by atoms with Crippen LogP contribution in [0.2, 0.25) is 0 Å². The molecule has 1 aliphatic heterocycles. The van der Waals surface area contributed by atoms with E-state index in [1.54, 1.807) is 6.26 Å². The predicted molar refractivity (Wildman–Crippen MR) is 76.7 cm³/mol. The normalized spacial score (nSPS) is 33.0. The quantitative estimate of drug-likeness (QED) is 0.820. The Morgan fingerprint density at radius 1 is 1.30 bits per heavy atom. The third kappa shape index (κ3) is 2.35. The van der Waals surface area contributed by atoms with Crippen LogP contribution in [-0.2, 0) is 15.3 Å². The molecule has 0 spiro atoms. The van der Waals surface area contributed by atoms with Crippen LogP contribution in [0.1, 0.15) is 24.3 Å². The average molecular weight is 293 g/mol. The highest BCUT2D eigenvalue weighted by atomic mass is 32.2. The molecule has 0 bridgehead atoms. The van der Waals surface area contributed by atoms with E-state index in [2.05, 4.69) is 14.9 Å². The molecule has 3 aliphatic rings. The number of hydrogen-bond acceptors (Lipinski definition) is 5. The van der Waals surface area contributed by atoms with E-state index in [0.29, 0.717) is 30.3 Å². The minimum atomic E-state index is -1.14. The fourth-order valence-corrected chi connectivity index (χ4v) is 3.71. The highest BCUT2D eigenvalue weighted by molar-refractivity contribution is 7.79. The number of rotatable bonds is 5. The molecule has 4 rings (SSSR count). The maximum absolute atomic E-state index is 10.9. The van der Waals surface area contributed by atoms with Crippen LogP contribution in [0.5, 0.6) is 0 Å². The Kier molecular flexibility index (Phi) is 3.03. The molecule has 2 saturated carbocycles. The monoisotopic (exact) mass is 293 g/mol. The molecule has 0 N–H and O–H groups in total. The first kappa shape index (κ1) is 12.7. The van der Waals surface area contributed by atoms with Crippen LogP contribution < -0.4 is 4.90 Å². The molecule has 20 heavy (non-hydrogen) atoms. The zero-order valence-corrected chi connectivity index (χ0v) is 12.4. The molecule has 1 aromatic rings. The minimum Gasteiger partial charge on any atom is -0.340 e. The summed E-state index contributed by atoms with van der Waals surface area (Å²) in [4.78, 5) is 11.3. The fourth-order valence-electron chi connectivity index (χ4n) is 3.36. The highest BCUT2D eigenvalue weighted by Crippen LogP contribution is 2.52. The van der Waals surface area contributed by atoms with Crippen molar-refractivity contribution in [3.8, 4) is 0 Å². The standard InChI is InChI=1S/C14H19N3O2S/c1-20(18)19-8-13-11-6-17(7-12(11)13)14-15-4-10(5-16-14)9-2-3-9/h4-5,9,11-13H,2-3,6-8H2,1H3/t11-,12+,13?,20?. The number of hydrogen-bond donors (Lipinski definition) is 0. The van der Waals surface area contributed by atoms with Crippen molar-refractivity contribution in [2.24, 2.45) is 17.8 Å². The SMILES string of the molecule is CS(=O)OCC1[C@H]2CN(c3ncc(C4CC4)cn3)C[C@@H]12. The lowest BCUT2D eigenvalue weighted by Gasteiger charge is -2.19. The average Bonchev–Trinajstić information content (AvgIpc) is 3.35. The van der Waals surface area contributed by atoms with Gasteiger partial charge in [0.2, 0.25) is 5.95 Å². The zero-order chi connectivity index (χ0) is 13.7. The lowest BCUT2D eigenvalue weighted by Crippen LogP contribution is -2.26. The summed E-state index contributed by atoms with van der Waals surface area (Å²) in [6, 6.07) is 0. The molecule has 4 atom stereocenters. The number of nitrogens with zero attached hydrogens (tertiary/aromatic N) is 3. The molecule has 0 amide bonds. The van der Waals surface area contributed by atoms with E-state index < -0.39 is 11.1 Å². The predicted octanol–water partition coefficient (Wildman–Crippen LogP) is 1.35.